The first kappa shape index (κ1) is 13.8. The number of carbonyl (C=O) groups excluding carboxylic acids is 1. The molecular weight excluding hydrogens is 282 g/mol. The molecule has 0 amide bonds. The summed E-state index contributed by atoms with van der Waals surface area (Å²) >= 11 is 1.53. The van der Waals surface area contributed by atoms with Crippen LogP contribution in [0.4, 0.5) is 0 Å². The fourth-order valence-corrected chi connectivity index (χ4v) is 3.27. The maximum Gasteiger partial charge on any atom is 0.259 e. The smallest absolute Gasteiger partial charge is 0.259 e. The number of Topliss-reactive ketones (excluding diaryl/α,β-unsaturated/α-hetero) is 1. The van der Waals surface area contributed by atoms with Gasteiger partial charge in [0, 0.05) is 16.5 Å². The Hall–Kier alpha value is -2.20. The Morgan fingerprint density at radius 1 is 1.19 bits per heavy atom. The Bertz CT molecular complexity index is 889. The number of hydrogen-bond donors (Lipinski definition) is 0. The van der Waals surface area contributed by atoms with E-state index in [1.165, 1.54) is 15.9 Å². The highest BCUT2D eigenvalue weighted by molar-refractivity contribution is 7.17. The lowest BCUT2D eigenvalue weighted by Crippen LogP contribution is -2.23. The zero-order chi connectivity index (χ0) is 15.0. The zero-order valence-corrected chi connectivity index (χ0v) is 12.7. The van der Waals surface area contributed by atoms with Gasteiger partial charge in [0.05, 0.1) is 11.9 Å². The van der Waals surface area contributed by atoms with Gasteiger partial charge in [-0.1, -0.05) is 23.8 Å². The van der Waals surface area contributed by atoms with E-state index in [9.17, 15) is 9.59 Å². The molecule has 3 aromatic rings. The molecule has 0 fully saturated rings. The zero-order valence-electron chi connectivity index (χ0n) is 11.9. The summed E-state index contributed by atoms with van der Waals surface area (Å²) in [5.74, 6) is -0.0378. The van der Waals surface area contributed by atoms with Crippen LogP contribution in [0.2, 0.25) is 0 Å². The molecule has 0 aliphatic carbocycles. The van der Waals surface area contributed by atoms with Crippen LogP contribution in [0.25, 0.3) is 10.1 Å². The molecule has 0 bridgehead atoms. The summed E-state index contributed by atoms with van der Waals surface area (Å²) in [5.41, 5.74) is 2.65. The maximum atomic E-state index is 12.4. The number of fused-ring (bicyclic) bond motifs is 1. The van der Waals surface area contributed by atoms with Crippen LogP contribution in [0.15, 0.2) is 46.7 Å². The predicted octanol–water partition coefficient (Wildman–Crippen LogP) is 3.56. The minimum absolute atomic E-state index is 0.0378. The van der Waals surface area contributed by atoms with Crippen molar-refractivity contribution >= 4 is 27.2 Å². The number of carbonyl (C=O) groups is 1. The number of aryl methyl sites for hydroxylation is 2. The van der Waals surface area contributed by atoms with Gasteiger partial charge in [-0.15, -0.1) is 11.3 Å². The molecule has 4 heteroatoms. The molecule has 0 radical (unpaired) electrons. The second-order valence-corrected chi connectivity index (χ2v) is 6.14. The van der Waals surface area contributed by atoms with Gasteiger partial charge < -0.3 is 4.57 Å². The van der Waals surface area contributed by atoms with Crippen molar-refractivity contribution in [1.29, 1.82) is 0 Å². The van der Waals surface area contributed by atoms with Gasteiger partial charge in [-0.3, -0.25) is 9.59 Å². The fraction of sp³-hybridized carbons (Fsp3) is 0.176. The number of rotatable bonds is 3. The van der Waals surface area contributed by atoms with Crippen LogP contribution in [0, 0.1) is 13.8 Å². The number of nitrogens with zero attached hydrogens (tertiary/aromatic N) is 1. The van der Waals surface area contributed by atoms with E-state index in [0.717, 1.165) is 15.8 Å². The molecule has 1 aromatic carbocycles. The van der Waals surface area contributed by atoms with E-state index >= 15 is 0 Å². The summed E-state index contributed by atoms with van der Waals surface area (Å²) in [6.07, 6.45) is 1.70. The van der Waals surface area contributed by atoms with Gasteiger partial charge in [-0.25, -0.2) is 0 Å². The molecule has 0 aliphatic rings. The maximum absolute atomic E-state index is 12.4. The quantitative estimate of drug-likeness (QED) is 0.693. The topological polar surface area (TPSA) is 39.1 Å². The Labute approximate surface area is 126 Å². The molecule has 0 aliphatic heterocycles. The van der Waals surface area contributed by atoms with Crippen LogP contribution >= 0.6 is 11.3 Å². The lowest BCUT2D eigenvalue weighted by atomic mass is 10.0. The molecule has 0 saturated carbocycles. The first-order valence-corrected chi connectivity index (χ1v) is 7.61. The van der Waals surface area contributed by atoms with Crippen molar-refractivity contribution in [2.45, 2.75) is 20.4 Å². The average molecular weight is 297 g/mol. The van der Waals surface area contributed by atoms with E-state index in [0.29, 0.717) is 10.9 Å². The SMILES string of the molecule is Cc1ccc(C(=O)Cn2ccc3sccc3c2=O)c(C)c1. The molecule has 0 atom stereocenters. The van der Waals surface area contributed by atoms with Crippen LogP contribution < -0.4 is 5.56 Å². The predicted molar refractivity (Wildman–Crippen MR) is 86.3 cm³/mol. The lowest BCUT2D eigenvalue weighted by Gasteiger charge is -2.08. The molecule has 2 aromatic heterocycles. The minimum atomic E-state index is -0.105. The molecular formula is C17H15NO2S. The van der Waals surface area contributed by atoms with Gasteiger partial charge in [-0.05, 0) is 36.9 Å². The molecule has 0 spiro atoms. The highest BCUT2D eigenvalue weighted by atomic mass is 32.1. The molecule has 3 nitrogen and oxygen atoms in total. The van der Waals surface area contributed by atoms with Crippen LogP contribution in [-0.2, 0) is 6.54 Å². The summed E-state index contributed by atoms with van der Waals surface area (Å²) in [4.78, 5) is 24.7. The highest BCUT2D eigenvalue weighted by Crippen LogP contribution is 2.17. The largest absolute Gasteiger partial charge is 0.307 e. The van der Waals surface area contributed by atoms with Gasteiger partial charge in [0.15, 0.2) is 5.78 Å². The molecule has 3 rings (SSSR count). The van der Waals surface area contributed by atoms with Crippen LogP contribution in [0.1, 0.15) is 21.5 Å². The third kappa shape index (κ3) is 2.54. The minimum Gasteiger partial charge on any atom is -0.307 e. The number of hydrogen-bond acceptors (Lipinski definition) is 3. The van der Waals surface area contributed by atoms with E-state index in [1.807, 2.05) is 43.5 Å². The Morgan fingerprint density at radius 2 is 2.00 bits per heavy atom. The monoisotopic (exact) mass is 297 g/mol. The highest BCUT2D eigenvalue weighted by Gasteiger charge is 2.12. The molecule has 21 heavy (non-hydrogen) atoms. The molecule has 106 valence electrons. The van der Waals surface area contributed by atoms with Crippen LogP contribution in [0.5, 0.6) is 0 Å². The first-order chi connectivity index (χ1) is 10.1. The Balaban J connectivity index is 1.96. The Kier molecular flexibility index (Phi) is 3.47. The molecule has 0 unspecified atom stereocenters. The van der Waals surface area contributed by atoms with E-state index in [-0.39, 0.29) is 17.9 Å². The summed E-state index contributed by atoms with van der Waals surface area (Å²) in [7, 11) is 0. The van der Waals surface area contributed by atoms with Gasteiger partial charge in [-0.2, -0.15) is 0 Å². The number of benzene rings is 1. The molecule has 0 N–H and O–H groups in total. The standard InChI is InChI=1S/C17H15NO2S/c1-11-3-4-13(12(2)9-11)15(19)10-18-7-5-16-14(17(18)20)6-8-21-16/h3-9H,10H2,1-2H3. The fourth-order valence-electron chi connectivity index (χ4n) is 2.50. The van der Waals surface area contributed by atoms with E-state index < -0.39 is 0 Å². The normalized spacial score (nSPS) is 11.0. The third-order valence-electron chi connectivity index (χ3n) is 3.59. The van der Waals surface area contributed by atoms with Gasteiger partial charge >= 0.3 is 0 Å². The van der Waals surface area contributed by atoms with Crippen molar-refractivity contribution in [1.82, 2.24) is 4.57 Å². The number of pyridine rings is 1. The van der Waals surface area contributed by atoms with Crippen molar-refractivity contribution in [2.75, 3.05) is 0 Å². The summed E-state index contributed by atoms with van der Waals surface area (Å²) in [5, 5.41) is 2.57. The number of aromatic nitrogens is 1. The third-order valence-corrected chi connectivity index (χ3v) is 4.47. The van der Waals surface area contributed by atoms with E-state index in [4.69, 9.17) is 0 Å². The number of ketones is 1. The summed E-state index contributed by atoms with van der Waals surface area (Å²) < 4.78 is 2.44. The number of thiophene rings is 1. The van der Waals surface area contributed by atoms with Crippen molar-refractivity contribution < 1.29 is 4.79 Å². The van der Waals surface area contributed by atoms with Gasteiger partial charge in [0.2, 0.25) is 0 Å². The van der Waals surface area contributed by atoms with Crippen LogP contribution in [-0.4, -0.2) is 10.4 Å². The molecule has 2 heterocycles. The molecule has 0 saturated heterocycles. The van der Waals surface area contributed by atoms with Crippen molar-refractivity contribution in [2.24, 2.45) is 0 Å². The van der Waals surface area contributed by atoms with Crippen molar-refractivity contribution in [3.05, 3.63) is 69.0 Å². The average Bonchev–Trinajstić information content (AvgIpc) is 2.91. The second kappa shape index (κ2) is 5.30. The van der Waals surface area contributed by atoms with Gasteiger partial charge in [0.1, 0.15) is 0 Å². The van der Waals surface area contributed by atoms with Crippen LogP contribution in [0.3, 0.4) is 0 Å². The van der Waals surface area contributed by atoms with Crippen molar-refractivity contribution in [3.63, 3.8) is 0 Å². The second-order valence-electron chi connectivity index (χ2n) is 5.19. The summed E-state index contributed by atoms with van der Waals surface area (Å²) in [6.45, 7) is 4.00. The summed E-state index contributed by atoms with van der Waals surface area (Å²) in [6, 6.07) is 9.43. The van der Waals surface area contributed by atoms with Gasteiger partial charge in [0.25, 0.3) is 5.56 Å². The van der Waals surface area contributed by atoms with E-state index in [1.54, 1.807) is 12.3 Å². The lowest BCUT2D eigenvalue weighted by molar-refractivity contribution is 0.0970. The van der Waals surface area contributed by atoms with E-state index in [2.05, 4.69) is 0 Å². The first-order valence-electron chi connectivity index (χ1n) is 6.73. The Morgan fingerprint density at radius 3 is 2.76 bits per heavy atom. The van der Waals surface area contributed by atoms with Crippen molar-refractivity contribution in [3.8, 4) is 0 Å².